The Morgan fingerprint density at radius 1 is 1.11 bits per heavy atom. The molecule has 0 saturated carbocycles. The van der Waals surface area contributed by atoms with Gasteiger partial charge in [0, 0.05) is 16.9 Å². The van der Waals surface area contributed by atoms with Crippen LogP contribution in [0.2, 0.25) is 0 Å². The first-order valence-electron chi connectivity index (χ1n) is 5.75. The van der Waals surface area contributed by atoms with Crippen LogP contribution in [0.1, 0.15) is 28.3 Å². The summed E-state index contributed by atoms with van der Waals surface area (Å²) in [7, 11) is 0. The summed E-state index contributed by atoms with van der Waals surface area (Å²) in [5, 5.41) is 0. The van der Waals surface area contributed by atoms with E-state index in [9.17, 15) is 0 Å². The molecule has 0 aliphatic rings. The quantitative estimate of drug-likeness (QED) is 0.677. The highest BCUT2D eigenvalue weighted by Crippen LogP contribution is 2.24. The second-order valence-corrected chi connectivity index (χ2v) is 5.30. The van der Waals surface area contributed by atoms with Crippen molar-refractivity contribution in [3.05, 3.63) is 63.4 Å². The molecule has 0 amide bonds. The molecule has 1 heterocycles. The van der Waals surface area contributed by atoms with Crippen molar-refractivity contribution in [2.24, 2.45) is 5.84 Å². The monoisotopic (exact) mass is 305 g/mol. The SMILES string of the molecule is Cc1ccc(C(NN)c2cncc(Br)c2)cc1C. The minimum absolute atomic E-state index is 0.0469. The van der Waals surface area contributed by atoms with E-state index in [1.165, 1.54) is 11.1 Å². The van der Waals surface area contributed by atoms with Gasteiger partial charge in [0.25, 0.3) is 0 Å². The molecule has 0 saturated heterocycles. The van der Waals surface area contributed by atoms with Gasteiger partial charge in [0.2, 0.25) is 0 Å². The van der Waals surface area contributed by atoms with Crippen LogP contribution in [0.4, 0.5) is 0 Å². The van der Waals surface area contributed by atoms with Gasteiger partial charge in [-0.3, -0.25) is 10.8 Å². The molecule has 0 spiro atoms. The Hall–Kier alpha value is -1.23. The summed E-state index contributed by atoms with van der Waals surface area (Å²) < 4.78 is 0.948. The zero-order valence-corrected chi connectivity index (χ0v) is 12.0. The van der Waals surface area contributed by atoms with Crippen molar-refractivity contribution in [1.29, 1.82) is 0 Å². The molecule has 4 heteroatoms. The number of pyridine rings is 1. The Balaban J connectivity index is 2.42. The molecule has 1 aromatic heterocycles. The number of benzene rings is 1. The maximum absolute atomic E-state index is 5.68. The number of aryl methyl sites for hydroxylation is 2. The lowest BCUT2D eigenvalue weighted by Gasteiger charge is -2.18. The van der Waals surface area contributed by atoms with E-state index in [0.717, 1.165) is 15.6 Å². The number of hydrogen-bond acceptors (Lipinski definition) is 3. The first-order chi connectivity index (χ1) is 8.61. The Kier molecular flexibility index (Phi) is 4.11. The molecule has 0 fully saturated rings. The summed E-state index contributed by atoms with van der Waals surface area (Å²) >= 11 is 3.43. The van der Waals surface area contributed by atoms with Crippen LogP contribution < -0.4 is 11.3 Å². The zero-order valence-electron chi connectivity index (χ0n) is 10.4. The topological polar surface area (TPSA) is 50.9 Å². The van der Waals surface area contributed by atoms with Crippen molar-refractivity contribution in [2.45, 2.75) is 19.9 Å². The normalized spacial score (nSPS) is 12.4. The number of rotatable bonds is 3. The van der Waals surface area contributed by atoms with Gasteiger partial charge in [0.15, 0.2) is 0 Å². The smallest absolute Gasteiger partial charge is 0.0725 e. The van der Waals surface area contributed by atoms with Crippen molar-refractivity contribution < 1.29 is 0 Å². The fourth-order valence-electron chi connectivity index (χ4n) is 1.92. The first-order valence-corrected chi connectivity index (χ1v) is 6.55. The Labute approximate surface area is 116 Å². The van der Waals surface area contributed by atoms with Gasteiger partial charge >= 0.3 is 0 Å². The maximum Gasteiger partial charge on any atom is 0.0725 e. The van der Waals surface area contributed by atoms with E-state index in [-0.39, 0.29) is 6.04 Å². The fourth-order valence-corrected chi connectivity index (χ4v) is 2.30. The molecule has 94 valence electrons. The van der Waals surface area contributed by atoms with E-state index < -0.39 is 0 Å². The minimum Gasteiger partial charge on any atom is -0.271 e. The van der Waals surface area contributed by atoms with Crippen molar-refractivity contribution in [1.82, 2.24) is 10.4 Å². The Bertz CT molecular complexity index is 554. The third kappa shape index (κ3) is 2.77. The van der Waals surface area contributed by atoms with Gasteiger partial charge in [-0.1, -0.05) is 18.2 Å². The van der Waals surface area contributed by atoms with Crippen molar-refractivity contribution in [2.75, 3.05) is 0 Å². The molecule has 0 aliphatic heterocycles. The highest BCUT2D eigenvalue weighted by atomic mass is 79.9. The van der Waals surface area contributed by atoms with E-state index in [2.05, 4.69) is 58.4 Å². The molecule has 0 radical (unpaired) electrons. The van der Waals surface area contributed by atoms with Crippen molar-refractivity contribution in [3.8, 4) is 0 Å². The summed E-state index contributed by atoms with van der Waals surface area (Å²) in [6.07, 6.45) is 3.59. The molecule has 1 aromatic carbocycles. The Morgan fingerprint density at radius 2 is 1.89 bits per heavy atom. The summed E-state index contributed by atoms with van der Waals surface area (Å²) in [4.78, 5) is 4.18. The molecule has 3 N–H and O–H groups in total. The molecule has 0 bridgehead atoms. The molecular weight excluding hydrogens is 290 g/mol. The fraction of sp³-hybridized carbons (Fsp3) is 0.214. The number of halogens is 1. The second-order valence-electron chi connectivity index (χ2n) is 4.38. The molecule has 18 heavy (non-hydrogen) atoms. The Morgan fingerprint density at radius 3 is 2.50 bits per heavy atom. The number of hydrogen-bond donors (Lipinski definition) is 2. The number of nitrogens with one attached hydrogen (secondary N) is 1. The average Bonchev–Trinajstić information content (AvgIpc) is 2.35. The van der Waals surface area contributed by atoms with Crippen LogP contribution in [0.5, 0.6) is 0 Å². The first kappa shape index (κ1) is 13.2. The zero-order chi connectivity index (χ0) is 13.1. The lowest BCUT2D eigenvalue weighted by Crippen LogP contribution is -2.29. The van der Waals surface area contributed by atoms with Gasteiger partial charge in [0.05, 0.1) is 6.04 Å². The molecular formula is C14H16BrN3. The van der Waals surface area contributed by atoms with Crippen LogP contribution >= 0.6 is 15.9 Å². The highest BCUT2D eigenvalue weighted by Gasteiger charge is 2.13. The van der Waals surface area contributed by atoms with Gasteiger partial charge in [-0.2, -0.15) is 0 Å². The van der Waals surface area contributed by atoms with E-state index in [1.54, 1.807) is 6.20 Å². The summed E-state index contributed by atoms with van der Waals surface area (Å²) in [5.41, 5.74) is 7.56. The molecule has 1 atom stereocenters. The van der Waals surface area contributed by atoms with Crippen LogP contribution in [-0.4, -0.2) is 4.98 Å². The third-order valence-corrected chi connectivity index (χ3v) is 3.52. The molecule has 2 rings (SSSR count). The van der Waals surface area contributed by atoms with Crippen LogP contribution in [-0.2, 0) is 0 Å². The van der Waals surface area contributed by atoms with Crippen LogP contribution in [0.3, 0.4) is 0 Å². The van der Waals surface area contributed by atoms with Gasteiger partial charge in [-0.05, 0) is 58.1 Å². The molecule has 2 aromatic rings. The predicted octanol–water partition coefficient (Wildman–Crippen LogP) is 3.01. The van der Waals surface area contributed by atoms with Gasteiger partial charge < -0.3 is 0 Å². The van der Waals surface area contributed by atoms with E-state index >= 15 is 0 Å². The average molecular weight is 306 g/mol. The standard InChI is InChI=1S/C14H16BrN3/c1-9-3-4-11(5-10(9)2)14(18-16)12-6-13(15)8-17-7-12/h3-8,14,18H,16H2,1-2H3. The predicted molar refractivity (Wildman–Crippen MR) is 77.0 cm³/mol. The molecule has 3 nitrogen and oxygen atoms in total. The summed E-state index contributed by atoms with van der Waals surface area (Å²) in [5.74, 6) is 5.68. The maximum atomic E-state index is 5.68. The van der Waals surface area contributed by atoms with E-state index in [0.29, 0.717) is 0 Å². The largest absolute Gasteiger partial charge is 0.271 e. The highest BCUT2D eigenvalue weighted by molar-refractivity contribution is 9.10. The number of nitrogens with two attached hydrogens (primary N) is 1. The summed E-state index contributed by atoms with van der Waals surface area (Å²) in [6, 6.07) is 8.33. The second kappa shape index (κ2) is 5.61. The number of aromatic nitrogens is 1. The molecule has 1 unspecified atom stereocenters. The molecule has 0 aliphatic carbocycles. The lowest BCUT2D eigenvalue weighted by molar-refractivity contribution is 0.634. The van der Waals surface area contributed by atoms with Crippen LogP contribution in [0.25, 0.3) is 0 Å². The van der Waals surface area contributed by atoms with Gasteiger partial charge in [-0.15, -0.1) is 0 Å². The van der Waals surface area contributed by atoms with Gasteiger partial charge in [-0.25, -0.2) is 5.43 Å². The van der Waals surface area contributed by atoms with Crippen molar-refractivity contribution in [3.63, 3.8) is 0 Å². The van der Waals surface area contributed by atoms with Crippen molar-refractivity contribution >= 4 is 15.9 Å². The number of hydrazine groups is 1. The van der Waals surface area contributed by atoms with E-state index in [4.69, 9.17) is 5.84 Å². The number of nitrogens with zero attached hydrogens (tertiary/aromatic N) is 1. The third-order valence-electron chi connectivity index (χ3n) is 3.09. The minimum atomic E-state index is -0.0469. The summed E-state index contributed by atoms with van der Waals surface area (Å²) in [6.45, 7) is 4.20. The van der Waals surface area contributed by atoms with E-state index in [1.807, 2.05) is 12.3 Å². The van der Waals surface area contributed by atoms with Crippen LogP contribution in [0.15, 0.2) is 41.1 Å². The van der Waals surface area contributed by atoms with Crippen LogP contribution in [0, 0.1) is 13.8 Å². The lowest BCUT2D eigenvalue weighted by atomic mass is 9.97. The van der Waals surface area contributed by atoms with Gasteiger partial charge in [0.1, 0.15) is 0 Å².